The molecule has 96 valence electrons. The minimum absolute atomic E-state index is 0.509. The molecule has 3 N–H and O–H groups in total. The number of aromatic nitrogens is 3. The van der Waals surface area contributed by atoms with Gasteiger partial charge in [-0.25, -0.2) is 4.98 Å². The van der Waals surface area contributed by atoms with Gasteiger partial charge in [0.05, 0.1) is 12.2 Å². The second-order valence-corrected chi connectivity index (χ2v) is 5.03. The van der Waals surface area contributed by atoms with Gasteiger partial charge >= 0.3 is 0 Å². The van der Waals surface area contributed by atoms with Gasteiger partial charge in [0, 0.05) is 34.9 Å². The first kappa shape index (κ1) is 10.8. The van der Waals surface area contributed by atoms with Crippen molar-refractivity contribution in [3.63, 3.8) is 0 Å². The lowest BCUT2D eigenvalue weighted by Crippen LogP contribution is -2.06. The Hall–Kier alpha value is -2.07. The molecular weight excluding hydrogens is 236 g/mol. The van der Waals surface area contributed by atoms with Crippen LogP contribution in [0.15, 0.2) is 30.5 Å². The van der Waals surface area contributed by atoms with Crippen LogP contribution >= 0.6 is 0 Å². The third kappa shape index (κ3) is 1.47. The van der Waals surface area contributed by atoms with E-state index in [0.29, 0.717) is 6.54 Å². The van der Waals surface area contributed by atoms with Gasteiger partial charge < -0.3 is 15.3 Å². The van der Waals surface area contributed by atoms with Crippen LogP contribution in [0.2, 0.25) is 0 Å². The zero-order valence-corrected chi connectivity index (χ0v) is 10.7. The minimum atomic E-state index is 0.509. The first-order valence-electron chi connectivity index (χ1n) is 6.73. The Morgan fingerprint density at radius 1 is 1.32 bits per heavy atom. The van der Waals surface area contributed by atoms with Crippen molar-refractivity contribution >= 4 is 10.9 Å². The number of imidazole rings is 1. The average Bonchev–Trinajstić information content (AvgIpc) is 3.12. The van der Waals surface area contributed by atoms with E-state index >= 15 is 0 Å². The molecule has 0 saturated carbocycles. The van der Waals surface area contributed by atoms with Crippen molar-refractivity contribution in [3.8, 4) is 11.3 Å². The van der Waals surface area contributed by atoms with Crippen LogP contribution in [0.1, 0.15) is 17.9 Å². The van der Waals surface area contributed by atoms with Crippen LogP contribution in [0, 0.1) is 0 Å². The summed E-state index contributed by atoms with van der Waals surface area (Å²) in [5.41, 5.74) is 10.6. The quantitative estimate of drug-likeness (QED) is 0.736. The van der Waals surface area contributed by atoms with Gasteiger partial charge in [0.1, 0.15) is 5.82 Å². The molecule has 3 aromatic rings. The number of H-pyrrole nitrogens is 1. The Kier molecular flexibility index (Phi) is 2.26. The van der Waals surface area contributed by atoms with Gasteiger partial charge in [0.25, 0.3) is 0 Å². The molecule has 4 rings (SSSR count). The molecule has 1 aliphatic rings. The molecule has 0 fully saturated rings. The highest BCUT2D eigenvalue weighted by Crippen LogP contribution is 2.33. The first-order chi connectivity index (χ1) is 9.38. The van der Waals surface area contributed by atoms with Gasteiger partial charge in [-0.05, 0) is 18.9 Å². The van der Waals surface area contributed by atoms with E-state index in [1.807, 2.05) is 6.07 Å². The van der Waals surface area contributed by atoms with E-state index in [1.165, 1.54) is 23.1 Å². The molecular formula is C15H16N4. The summed E-state index contributed by atoms with van der Waals surface area (Å²) in [6.45, 7) is 1.56. The van der Waals surface area contributed by atoms with Crippen molar-refractivity contribution in [2.45, 2.75) is 25.9 Å². The molecule has 4 heteroatoms. The van der Waals surface area contributed by atoms with E-state index in [0.717, 1.165) is 30.0 Å². The second-order valence-electron chi connectivity index (χ2n) is 5.03. The molecule has 0 saturated heterocycles. The Morgan fingerprint density at radius 2 is 2.21 bits per heavy atom. The van der Waals surface area contributed by atoms with Crippen LogP contribution < -0.4 is 5.73 Å². The molecule has 0 atom stereocenters. The number of hydrogen-bond donors (Lipinski definition) is 2. The highest BCUT2D eigenvalue weighted by molar-refractivity contribution is 5.95. The standard InChI is InChI=1S/C15H16N4/c16-8-14-18-15(13-6-3-7-19(13)14)11-9-17-12-5-2-1-4-10(11)12/h1-2,4-5,9,17H,3,6-8,16H2. The molecule has 0 spiro atoms. The fourth-order valence-electron chi connectivity index (χ4n) is 3.10. The number of hydrogen-bond acceptors (Lipinski definition) is 2. The summed E-state index contributed by atoms with van der Waals surface area (Å²) >= 11 is 0. The molecule has 1 aliphatic heterocycles. The average molecular weight is 252 g/mol. The van der Waals surface area contributed by atoms with E-state index in [1.54, 1.807) is 0 Å². The molecule has 4 nitrogen and oxygen atoms in total. The van der Waals surface area contributed by atoms with Gasteiger partial charge in [0.2, 0.25) is 0 Å². The largest absolute Gasteiger partial charge is 0.360 e. The topological polar surface area (TPSA) is 59.6 Å². The lowest BCUT2D eigenvalue weighted by Gasteiger charge is -1.99. The zero-order valence-electron chi connectivity index (χ0n) is 10.7. The summed E-state index contributed by atoms with van der Waals surface area (Å²) in [5, 5.41) is 1.24. The summed E-state index contributed by atoms with van der Waals surface area (Å²) in [6, 6.07) is 8.36. The molecule has 0 bridgehead atoms. The number of nitrogens with one attached hydrogen (secondary N) is 1. The highest BCUT2D eigenvalue weighted by Gasteiger charge is 2.22. The summed E-state index contributed by atoms with van der Waals surface area (Å²) in [6.07, 6.45) is 4.36. The molecule has 19 heavy (non-hydrogen) atoms. The minimum Gasteiger partial charge on any atom is -0.360 e. The van der Waals surface area contributed by atoms with Crippen LogP contribution in [-0.2, 0) is 19.5 Å². The first-order valence-corrected chi connectivity index (χ1v) is 6.73. The molecule has 0 unspecified atom stereocenters. The smallest absolute Gasteiger partial charge is 0.123 e. The van der Waals surface area contributed by atoms with Crippen molar-refractivity contribution in [1.82, 2.24) is 14.5 Å². The molecule has 0 aliphatic carbocycles. The van der Waals surface area contributed by atoms with E-state index in [9.17, 15) is 0 Å². The monoisotopic (exact) mass is 252 g/mol. The van der Waals surface area contributed by atoms with Gasteiger partial charge in [-0.2, -0.15) is 0 Å². The van der Waals surface area contributed by atoms with E-state index in [4.69, 9.17) is 10.7 Å². The zero-order chi connectivity index (χ0) is 12.8. The molecule has 3 heterocycles. The number of benzene rings is 1. The maximum Gasteiger partial charge on any atom is 0.123 e. The Bertz CT molecular complexity index is 751. The van der Waals surface area contributed by atoms with Crippen LogP contribution in [0.3, 0.4) is 0 Å². The van der Waals surface area contributed by atoms with Crippen molar-refractivity contribution in [2.24, 2.45) is 5.73 Å². The molecule has 1 aromatic carbocycles. The van der Waals surface area contributed by atoms with Crippen molar-refractivity contribution in [1.29, 1.82) is 0 Å². The number of rotatable bonds is 2. The summed E-state index contributed by atoms with van der Waals surface area (Å²) < 4.78 is 2.29. The van der Waals surface area contributed by atoms with Gasteiger partial charge in [-0.3, -0.25) is 0 Å². The lowest BCUT2D eigenvalue weighted by molar-refractivity contribution is 0.689. The van der Waals surface area contributed by atoms with Crippen LogP contribution in [0.5, 0.6) is 0 Å². The van der Waals surface area contributed by atoms with E-state index < -0.39 is 0 Å². The fourth-order valence-corrected chi connectivity index (χ4v) is 3.10. The number of aromatic amines is 1. The SMILES string of the molecule is NCc1nc(-c2c[nH]c3ccccc23)c2n1CCC2. The van der Waals surface area contributed by atoms with Gasteiger partial charge in [-0.1, -0.05) is 18.2 Å². The van der Waals surface area contributed by atoms with Gasteiger partial charge in [0.15, 0.2) is 0 Å². The van der Waals surface area contributed by atoms with Crippen LogP contribution in [-0.4, -0.2) is 14.5 Å². The summed E-state index contributed by atoms with van der Waals surface area (Å²) in [5.74, 6) is 1.01. The number of fused-ring (bicyclic) bond motifs is 2. The maximum absolute atomic E-state index is 5.81. The molecule has 0 amide bonds. The number of nitrogens with two attached hydrogens (primary N) is 1. The fraction of sp³-hybridized carbons (Fsp3) is 0.267. The van der Waals surface area contributed by atoms with Gasteiger partial charge in [-0.15, -0.1) is 0 Å². The lowest BCUT2D eigenvalue weighted by atomic mass is 10.1. The van der Waals surface area contributed by atoms with Crippen molar-refractivity contribution in [3.05, 3.63) is 42.0 Å². The summed E-state index contributed by atoms with van der Waals surface area (Å²) in [7, 11) is 0. The van der Waals surface area contributed by atoms with Crippen LogP contribution in [0.4, 0.5) is 0 Å². The van der Waals surface area contributed by atoms with E-state index in [-0.39, 0.29) is 0 Å². The normalized spacial score (nSPS) is 14.2. The predicted molar refractivity (Wildman–Crippen MR) is 75.7 cm³/mol. The third-order valence-corrected chi connectivity index (χ3v) is 3.97. The number of para-hydroxylation sites is 1. The predicted octanol–water partition coefficient (Wildman–Crippen LogP) is 2.44. The Balaban J connectivity index is 1.98. The van der Waals surface area contributed by atoms with Crippen molar-refractivity contribution < 1.29 is 0 Å². The highest BCUT2D eigenvalue weighted by atomic mass is 15.1. The third-order valence-electron chi connectivity index (χ3n) is 3.97. The second kappa shape index (κ2) is 3.96. The van der Waals surface area contributed by atoms with Crippen molar-refractivity contribution in [2.75, 3.05) is 0 Å². The van der Waals surface area contributed by atoms with E-state index in [2.05, 4.69) is 33.9 Å². The molecule has 0 radical (unpaired) electrons. The summed E-state index contributed by atoms with van der Waals surface area (Å²) in [4.78, 5) is 8.09. The maximum atomic E-state index is 5.81. The Morgan fingerprint density at radius 3 is 3.11 bits per heavy atom. The Labute approximate surface area is 111 Å². The molecule has 2 aromatic heterocycles. The number of nitrogens with zero attached hydrogens (tertiary/aromatic N) is 2. The van der Waals surface area contributed by atoms with Crippen LogP contribution in [0.25, 0.3) is 22.2 Å².